The fourth-order valence-corrected chi connectivity index (χ4v) is 2.71. The van der Waals surface area contributed by atoms with Crippen molar-refractivity contribution in [2.75, 3.05) is 25.5 Å². The number of nitrogens with zero attached hydrogens (tertiary/aromatic N) is 1. The first-order valence-electron chi connectivity index (χ1n) is 3.03. The second-order valence-electron chi connectivity index (χ2n) is 2.05. The van der Waals surface area contributed by atoms with Crippen LogP contribution in [0.25, 0.3) is 0 Å². The Kier molecular flexibility index (Phi) is 3.02. The van der Waals surface area contributed by atoms with E-state index in [-0.39, 0.29) is 0 Å². The Morgan fingerprint density at radius 2 is 2.20 bits per heavy atom. The van der Waals surface area contributed by atoms with E-state index >= 15 is 0 Å². The fourth-order valence-electron chi connectivity index (χ4n) is 0.582. The van der Waals surface area contributed by atoms with E-state index in [4.69, 9.17) is 22.8 Å². The standard InChI is InChI=1S/C4H9Cl2N2OP/c5-1-2-7-10(6,9)8-3-4-8/h1-4H2,(H,7,9). The maximum absolute atomic E-state index is 11.3. The highest BCUT2D eigenvalue weighted by molar-refractivity contribution is 7.85. The molecule has 1 N–H and O–H groups in total. The van der Waals surface area contributed by atoms with Gasteiger partial charge in [-0.05, 0) is 11.2 Å². The summed E-state index contributed by atoms with van der Waals surface area (Å²) in [6.07, 6.45) is 0. The molecule has 1 saturated heterocycles. The van der Waals surface area contributed by atoms with Gasteiger partial charge in [0.25, 0.3) is 0 Å². The fraction of sp³-hybridized carbons (Fsp3) is 1.00. The van der Waals surface area contributed by atoms with Crippen LogP contribution >= 0.6 is 29.6 Å². The molecule has 0 aromatic carbocycles. The maximum Gasteiger partial charge on any atom is 0.302 e. The van der Waals surface area contributed by atoms with Crippen LogP contribution in [0.15, 0.2) is 0 Å². The maximum atomic E-state index is 11.3. The largest absolute Gasteiger partial charge is 0.302 e. The lowest BCUT2D eigenvalue weighted by Crippen LogP contribution is -2.14. The second kappa shape index (κ2) is 3.42. The van der Waals surface area contributed by atoms with Crippen LogP contribution in [0.3, 0.4) is 0 Å². The Bertz CT molecular complexity index is 161. The first-order valence-corrected chi connectivity index (χ1v) is 6.13. The van der Waals surface area contributed by atoms with Crippen molar-refractivity contribution in [2.45, 2.75) is 0 Å². The summed E-state index contributed by atoms with van der Waals surface area (Å²) in [6, 6.07) is 0. The molecule has 60 valence electrons. The van der Waals surface area contributed by atoms with E-state index in [0.29, 0.717) is 12.4 Å². The summed E-state index contributed by atoms with van der Waals surface area (Å²) in [6.45, 7) is -0.541. The van der Waals surface area contributed by atoms with Crippen molar-refractivity contribution < 1.29 is 4.57 Å². The number of alkyl halides is 1. The lowest BCUT2D eigenvalue weighted by molar-refractivity contribution is 0.552. The number of hydrogen-bond acceptors (Lipinski definition) is 1. The SMILES string of the molecule is O=P(Cl)(NCCCl)N1CC1. The number of halogens is 2. The number of nitrogens with one attached hydrogen (secondary N) is 1. The van der Waals surface area contributed by atoms with Crippen molar-refractivity contribution in [2.24, 2.45) is 0 Å². The first kappa shape index (κ1) is 8.82. The van der Waals surface area contributed by atoms with Gasteiger partial charge in [0.1, 0.15) is 0 Å². The molecule has 0 saturated carbocycles. The Morgan fingerprint density at radius 3 is 2.60 bits per heavy atom. The molecule has 1 aliphatic rings. The molecule has 6 heteroatoms. The zero-order valence-electron chi connectivity index (χ0n) is 5.39. The van der Waals surface area contributed by atoms with Gasteiger partial charge >= 0.3 is 6.80 Å². The van der Waals surface area contributed by atoms with Gasteiger partial charge in [-0.3, -0.25) is 4.57 Å². The van der Waals surface area contributed by atoms with Crippen molar-refractivity contribution >= 4 is 29.6 Å². The van der Waals surface area contributed by atoms with Gasteiger partial charge in [-0.2, -0.15) is 0 Å². The Labute approximate surface area is 69.9 Å². The molecule has 0 spiro atoms. The van der Waals surface area contributed by atoms with E-state index < -0.39 is 6.80 Å². The van der Waals surface area contributed by atoms with Crippen LogP contribution in [0.4, 0.5) is 0 Å². The van der Waals surface area contributed by atoms with E-state index in [1.807, 2.05) is 0 Å². The van der Waals surface area contributed by atoms with E-state index in [2.05, 4.69) is 5.09 Å². The van der Waals surface area contributed by atoms with Gasteiger partial charge in [0.2, 0.25) is 0 Å². The van der Waals surface area contributed by atoms with E-state index in [1.54, 1.807) is 4.67 Å². The van der Waals surface area contributed by atoms with Crippen molar-refractivity contribution in [3.8, 4) is 0 Å². The Morgan fingerprint density at radius 1 is 1.60 bits per heavy atom. The van der Waals surface area contributed by atoms with Crippen LogP contribution in [-0.2, 0) is 4.57 Å². The summed E-state index contributed by atoms with van der Waals surface area (Å²) in [5.41, 5.74) is 0. The highest BCUT2D eigenvalue weighted by Gasteiger charge is 2.35. The molecule has 1 atom stereocenters. The van der Waals surface area contributed by atoms with Crippen molar-refractivity contribution in [1.82, 2.24) is 9.76 Å². The smallest absolute Gasteiger partial charge is 0.271 e. The molecule has 1 fully saturated rings. The summed E-state index contributed by atoms with van der Waals surface area (Å²) in [7, 11) is 0. The third-order valence-electron chi connectivity index (χ3n) is 1.19. The Balaban J connectivity index is 2.28. The van der Waals surface area contributed by atoms with Gasteiger partial charge < -0.3 is 0 Å². The summed E-state index contributed by atoms with van der Waals surface area (Å²) in [4.78, 5) is 0. The van der Waals surface area contributed by atoms with E-state index in [0.717, 1.165) is 13.1 Å². The summed E-state index contributed by atoms with van der Waals surface area (Å²) in [5.74, 6) is 0.435. The predicted molar refractivity (Wildman–Crippen MR) is 43.8 cm³/mol. The van der Waals surface area contributed by atoms with Crippen LogP contribution in [-0.4, -0.2) is 30.2 Å². The topological polar surface area (TPSA) is 32.1 Å². The molecule has 10 heavy (non-hydrogen) atoms. The van der Waals surface area contributed by atoms with Crippen LogP contribution in [0.5, 0.6) is 0 Å². The average Bonchev–Trinajstić information content (AvgIpc) is 2.64. The predicted octanol–water partition coefficient (Wildman–Crippen LogP) is 1.48. The summed E-state index contributed by atoms with van der Waals surface area (Å²) < 4.78 is 13.0. The lowest BCUT2D eigenvalue weighted by atomic mass is 10.8. The van der Waals surface area contributed by atoms with Crippen molar-refractivity contribution in [3.05, 3.63) is 0 Å². The van der Waals surface area contributed by atoms with Crippen molar-refractivity contribution in [3.63, 3.8) is 0 Å². The third-order valence-corrected chi connectivity index (χ3v) is 4.12. The summed E-state index contributed by atoms with van der Waals surface area (Å²) >= 11 is 11.0. The van der Waals surface area contributed by atoms with Gasteiger partial charge in [0, 0.05) is 25.5 Å². The lowest BCUT2D eigenvalue weighted by Gasteiger charge is -2.10. The normalized spacial score (nSPS) is 24.2. The average molecular weight is 203 g/mol. The zero-order valence-corrected chi connectivity index (χ0v) is 7.79. The minimum absolute atomic E-state index is 0.435. The Hall–Kier alpha value is 0.730. The minimum atomic E-state index is -2.70. The molecular formula is C4H9Cl2N2OP. The van der Waals surface area contributed by atoms with Crippen LogP contribution in [0.1, 0.15) is 0 Å². The highest BCUT2D eigenvalue weighted by atomic mass is 35.7. The quantitative estimate of drug-likeness (QED) is 0.426. The zero-order chi connectivity index (χ0) is 7.61. The molecule has 0 radical (unpaired) electrons. The highest BCUT2D eigenvalue weighted by Crippen LogP contribution is 2.54. The first-order chi connectivity index (χ1) is 4.67. The van der Waals surface area contributed by atoms with Crippen LogP contribution in [0.2, 0.25) is 0 Å². The number of rotatable bonds is 4. The van der Waals surface area contributed by atoms with Crippen LogP contribution in [0, 0.1) is 0 Å². The van der Waals surface area contributed by atoms with Crippen molar-refractivity contribution in [1.29, 1.82) is 0 Å². The minimum Gasteiger partial charge on any atom is -0.271 e. The molecule has 3 nitrogen and oxygen atoms in total. The monoisotopic (exact) mass is 202 g/mol. The van der Waals surface area contributed by atoms with Gasteiger partial charge in [0.05, 0.1) is 0 Å². The molecule has 0 aliphatic carbocycles. The molecule has 1 unspecified atom stereocenters. The van der Waals surface area contributed by atoms with Gasteiger partial charge in [-0.1, -0.05) is 0 Å². The molecule has 1 heterocycles. The molecular weight excluding hydrogens is 194 g/mol. The van der Waals surface area contributed by atoms with Crippen LogP contribution < -0.4 is 5.09 Å². The third kappa shape index (κ3) is 2.40. The van der Waals surface area contributed by atoms with E-state index in [1.165, 1.54) is 0 Å². The number of hydrogen-bond donors (Lipinski definition) is 1. The molecule has 0 bridgehead atoms. The molecule has 1 aliphatic heterocycles. The van der Waals surface area contributed by atoms with Gasteiger partial charge in [0.15, 0.2) is 0 Å². The van der Waals surface area contributed by atoms with Gasteiger partial charge in [-0.15, -0.1) is 11.6 Å². The molecule has 0 amide bonds. The summed E-state index contributed by atoms with van der Waals surface area (Å²) in [5, 5.41) is 2.69. The van der Waals surface area contributed by atoms with E-state index in [9.17, 15) is 4.57 Å². The molecule has 0 aromatic heterocycles. The van der Waals surface area contributed by atoms with Gasteiger partial charge in [-0.25, -0.2) is 9.76 Å². The molecule has 1 rings (SSSR count). The molecule has 0 aromatic rings. The second-order valence-corrected chi connectivity index (χ2v) is 5.69.